The van der Waals surface area contributed by atoms with Crippen molar-refractivity contribution in [2.45, 2.75) is 6.04 Å². The molecule has 9 heteroatoms. The van der Waals surface area contributed by atoms with Gasteiger partial charge in [0.15, 0.2) is 0 Å². The van der Waals surface area contributed by atoms with Crippen LogP contribution in [0.4, 0.5) is 26.2 Å². The van der Waals surface area contributed by atoms with Gasteiger partial charge in [0, 0.05) is 64.3 Å². The van der Waals surface area contributed by atoms with Crippen LogP contribution in [0.1, 0.15) is 11.6 Å². The van der Waals surface area contributed by atoms with Crippen molar-refractivity contribution in [3.63, 3.8) is 0 Å². The number of methoxy groups -OCH3 is 2. The topological polar surface area (TPSA) is 69.3 Å². The fourth-order valence-electron chi connectivity index (χ4n) is 4.65. The second kappa shape index (κ2) is 12.5. The van der Waals surface area contributed by atoms with E-state index in [1.54, 1.807) is 32.4 Å². The van der Waals surface area contributed by atoms with E-state index in [-0.39, 0.29) is 17.9 Å². The molecule has 1 aliphatic rings. The number of nitrogens with one attached hydrogen (secondary N) is 2. The first kappa shape index (κ1) is 27.1. The Balaban J connectivity index is 1.45. The van der Waals surface area contributed by atoms with Gasteiger partial charge in [0.05, 0.1) is 25.9 Å². The molecule has 2 N–H and O–H groups in total. The van der Waals surface area contributed by atoms with Gasteiger partial charge in [-0.25, -0.2) is 9.18 Å². The van der Waals surface area contributed by atoms with Crippen LogP contribution in [0.15, 0.2) is 66.7 Å². The molecule has 1 atom stereocenters. The molecule has 1 aliphatic heterocycles. The fraction of sp³-hybridized carbons (Fsp3) is 0.345. The standard InChI is InChI=1S/C29H36FN5O3/c1-33(2)23-9-5-21(6-10-23)27(35-17-15-34(16-18-35)24-11-7-22(30)8-12-24)20-31-29(36)32-26-14-13-25(37-3)19-28(26)38-4/h5-14,19,27H,15-18,20H2,1-4H3,(H2,31,32,36). The molecular formula is C29H36FN5O3. The Labute approximate surface area is 223 Å². The highest BCUT2D eigenvalue weighted by atomic mass is 19.1. The van der Waals surface area contributed by atoms with Gasteiger partial charge in [0.1, 0.15) is 17.3 Å². The third-order valence-corrected chi connectivity index (χ3v) is 6.85. The third kappa shape index (κ3) is 6.66. The lowest BCUT2D eigenvalue weighted by Gasteiger charge is -2.40. The van der Waals surface area contributed by atoms with Crippen LogP contribution in [0, 0.1) is 5.82 Å². The van der Waals surface area contributed by atoms with Crippen LogP contribution in [0.2, 0.25) is 0 Å². The summed E-state index contributed by atoms with van der Waals surface area (Å²) in [5.41, 5.74) is 3.83. The maximum atomic E-state index is 13.4. The summed E-state index contributed by atoms with van der Waals surface area (Å²) in [5, 5.41) is 5.93. The molecular weight excluding hydrogens is 485 g/mol. The number of piperazine rings is 1. The first-order valence-corrected chi connectivity index (χ1v) is 12.7. The van der Waals surface area contributed by atoms with Crippen molar-refractivity contribution in [2.24, 2.45) is 0 Å². The average molecular weight is 522 g/mol. The van der Waals surface area contributed by atoms with Gasteiger partial charge in [-0.15, -0.1) is 0 Å². The molecule has 1 fully saturated rings. The molecule has 3 aromatic carbocycles. The molecule has 4 rings (SSSR count). The van der Waals surface area contributed by atoms with Gasteiger partial charge < -0.3 is 29.9 Å². The number of rotatable bonds is 9. The maximum absolute atomic E-state index is 13.4. The SMILES string of the molecule is COc1ccc(NC(=O)NCC(c2ccc(N(C)C)cc2)N2CCN(c3ccc(F)cc3)CC2)c(OC)c1. The van der Waals surface area contributed by atoms with E-state index in [4.69, 9.17) is 9.47 Å². The molecule has 1 heterocycles. The summed E-state index contributed by atoms with van der Waals surface area (Å²) < 4.78 is 24.0. The highest BCUT2D eigenvalue weighted by Gasteiger charge is 2.26. The molecule has 202 valence electrons. The van der Waals surface area contributed by atoms with Gasteiger partial charge >= 0.3 is 6.03 Å². The third-order valence-electron chi connectivity index (χ3n) is 6.85. The van der Waals surface area contributed by atoms with Crippen molar-refractivity contribution >= 4 is 23.1 Å². The van der Waals surface area contributed by atoms with Crippen LogP contribution < -0.4 is 29.9 Å². The van der Waals surface area contributed by atoms with Crippen molar-refractivity contribution in [1.82, 2.24) is 10.2 Å². The highest BCUT2D eigenvalue weighted by molar-refractivity contribution is 5.91. The quantitative estimate of drug-likeness (QED) is 0.429. The van der Waals surface area contributed by atoms with E-state index >= 15 is 0 Å². The van der Waals surface area contributed by atoms with Gasteiger partial charge in [-0.3, -0.25) is 4.90 Å². The van der Waals surface area contributed by atoms with E-state index in [1.165, 1.54) is 12.1 Å². The number of carbonyl (C=O) groups is 1. The van der Waals surface area contributed by atoms with Crippen LogP contribution in [-0.2, 0) is 0 Å². The van der Waals surface area contributed by atoms with Crippen molar-refractivity contribution in [3.8, 4) is 11.5 Å². The zero-order chi connectivity index (χ0) is 27.1. The van der Waals surface area contributed by atoms with E-state index in [1.807, 2.05) is 26.2 Å². The number of carbonyl (C=O) groups excluding carboxylic acids is 1. The largest absolute Gasteiger partial charge is 0.497 e. The second-order valence-corrected chi connectivity index (χ2v) is 9.40. The first-order valence-electron chi connectivity index (χ1n) is 12.7. The molecule has 0 aromatic heterocycles. The number of ether oxygens (including phenoxy) is 2. The van der Waals surface area contributed by atoms with Crippen LogP contribution in [0.5, 0.6) is 11.5 Å². The van der Waals surface area contributed by atoms with Crippen molar-refractivity contribution < 1.29 is 18.7 Å². The number of hydrogen-bond donors (Lipinski definition) is 2. The summed E-state index contributed by atoms with van der Waals surface area (Å²) in [5.74, 6) is 0.936. The Kier molecular flexibility index (Phi) is 8.91. The Morgan fingerprint density at radius 2 is 1.63 bits per heavy atom. The summed E-state index contributed by atoms with van der Waals surface area (Å²) in [7, 11) is 7.16. The van der Waals surface area contributed by atoms with Crippen LogP contribution in [0.25, 0.3) is 0 Å². The molecule has 0 spiro atoms. The highest BCUT2D eigenvalue weighted by Crippen LogP contribution is 2.29. The number of benzene rings is 3. The molecule has 0 saturated carbocycles. The smallest absolute Gasteiger partial charge is 0.319 e. The van der Waals surface area contributed by atoms with E-state index in [9.17, 15) is 9.18 Å². The van der Waals surface area contributed by atoms with Gasteiger partial charge in [-0.1, -0.05) is 12.1 Å². The Bertz CT molecular complexity index is 1200. The van der Waals surface area contributed by atoms with Crippen LogP contribution in [0.3, 0.4) is 0 Å². The average Bonchev–Trinajstić information content (AvgIpc) is 2.94. The zero-order valence-corrected chi connectivity index (χ0v) is 22.4. The van der Waals surface area contributed by atoms with E-state index < -0.39 is 0 Å². The predicted molar refractivity (Wildman–Crippen MR) is 150 cm³/mol. The van der Waals surface area contributed by atoms with Gasteiger partial charge in [-0.05, 0) is 54.1 Å². The monoisotopic (exact) mass is 521 g/mol. The summed E-state index contributed by atoms with van der Waals surface area (Å²) in [6.07, 6.45) is 0. The second-order valence-electron chi connectivity index (χ2n) is 9.40. The lowest BCUT2D eigenvalue weighted by atomic mass is 10.0. The van der Waals surface area contributed by atoms with Gasteiger partial charge in [0.2, 0.25) is 0 Å². The molecule has 1 unspecified atom stereocenters. The maximum Gasteiger partial charge on any atom is 0.319 e. The minimum atomic E-state index is -0.312. The zero-order valence-electron chi connectivity index (χ0n) is 22.4. The van der Waals surface area contributed by atoms with Crippen molar-refractivity contribution in [2.75, 3.05) is 76.2 Å². The van der Waals surface area contributed by atoms with Crippen molar-refractivity contribution in [1.29, 1.82) is 0 Å². The summed E-state index contributed by atoms with van der Waals surface area (Å²) in [6, 6.07) is 20.0. The van der Waals surface area contributed by atoms with Crippen molar-refractivity contribution in [3.05, 3.63) is 78.1 Å². The number of halogens is 1. The van der Waals surface area contributed by atoms with Gasteiger partial charge in [0.25, 0.3) is 0 Å². The molecule has 0 radical (unpaired) electrons. The fourth-order valence-corrected chi connectivity index (χ4v) is 4.65. The minimum absolute atomic E-state index is 0.00917. The summed E-state index contributed by atoms with van der Waals surface area (Å²) >= 11 is 0. The summed E-state index contributed by atoms with van der Waals surface area (Å²) in [6.45, 7) is 3.68. The van der Waals surface area contributed by atoms with E-state index in [0.29, 0.717) is 23.7 Å². The number of amides is 2. The lowest BCUT2D eigenvalue weighted by molar-refractivity contribution is 0.182. The Hall–Kier alpha value is -3.98. The first-order chi connectivity index (χ1) is 18.4. The minimum Gasteiger partial charge on any atom is -0.497 e. The normalized spacial score (nSPS) is 14.5. The summed E-state index contributed by atoms with van der Waals surface area (Å²) in [4.78, 5) is 19.6. The molecule has 8 nitrogen and oxygen atoms in total. The van der Waals surface area contributed by atoms with Crippen LogP contribution >= 0.6 is 0 Å². The molecule has 0 aliphatic carbocycles. The van der Waals surface area contributed by atoms with E-state index in [0.717, 1.165) is 43.1 Å². The molecule has 38 heavy (non-hydrogen) atoms. The Morgan fingerprint density at radius 3 is 2.24 bits per heavy atom. The molecule has 3 aromatic rings. The van der Waals surface area contributed by atoms with E-state index in [2.05, 4.69) is 49.6 Å². The predicted octanol–water partition coefficient (Wildman–Crippen LogP) is 4.59. The van der Waals surface area contributed by atoms with Gasteiger partial charge in [-0.2, -0.15) is 0 Å². The number of urea groups is 1. The number of nitrogens with zero attached hydrogens (tertiary/aromatic N) is 3. The molecule has 0 bridgehead atoms. The Morgan fingerprint density at radius 1 is 0.947 bits per heavy atom. The number of hydrogen-bond acceptors (Lipinski definition) is 6. The van der Waals surface area contributed by atoms with Crippen LogP contribution in [-0.4, -0.2) is 72.0 Å². The molecule has 2 amide bonds. The molecule has 1 saturated heterocycles. The number of anilines is 3. The lowest BCUT2D eigenvalue weighted by Crippen LogP contribution is -2.50.